The third-order valence-electron chi connectivity index (χ3n) is 6.40. The number of carbonyl (C=O) groups excluding carboxylic acids is 2. The lowest BCUT2D eigenvalue weighted by atomic mass is 9.96. The first-order chi connectivity index (χ1) is 16.4. The highest BCUT2D eigenvalue weighted by atomic mass is 79.9. The van der Waals surface area contributed by atoms with Crippen LogP contribution in [0.5, 0.6) is 0 Å². The highest BCUT2D eigenvalue weighted by molar-refractivity contribution is 9.10. The Kier molecular flexibility index (Phi) is 7.19. The molecule has 0 unspecified atom stereocenters. The number of hydrogen-bond donors (Lipinski definition) is 1. The molecule has 1 aromatic carbocycles. The van der Waals surface area contributed by atoms with Gasteiger partial charge in [0.25, 0.3) is 11.7 Å². The number of aliphatic hydroxyl groups is 1. The van der Waals surface area contributed by atoms with Gasteiger partial charge in [0.05, 0.1) is 17.3 Å². The average molecular weight is 525 g/mol. The molecule has 1 N–H and O–H groups in total. The van der Waals surface area contributed by atoms with Crippen LogP contribution in [0.4, 0.5) is 0 Å². The van der Waals surface area contributed by atoms with E-state index in [1.54, 1.807) is 22.4 Å². The Bertz CT molecular complexity index is 1260. The molecule has 0 spiro atoms. The fraction of sp³-hybridized carbons (Fsp3) is 0.346. The smallest absolute Gasteiger partial charge is 0.295 e. The van der Waals surface area contributed by atoms with Crippen molar-refractivity contribution in [3.8, 4) is 0 Å². The summed E-state index contributed by atoms with van der Waals surface area (Å²) in [5.41, 5.74) is 2.54. The third kappa shape index (κ3) is 4.40. The standard InChI is InChI=1S/C26H29BrN4O3/c1-4-29(5-2)13-9-15-31-23(18-10-8-11-19(27)16-18)21(25(33)26(31)34)24(32)22-17(3)28-20-12-6-7-14-30(20)22/h6-8,10-12,14,16,23,32H,4-5,9,13,15H2,1-3H3/b24-21+/t23-/m1/s1. The van der Waals surface area contributed by atoms with Crippen LogP contribution in [0.25, 0.3) is 11.4 Å². The summed E-state index contributed by atoms with van der Waals surface area (Å²) in [6.45, 7) is 9.10. The van der Waals surface area contributed by atoms with Crippen LogP contribution in [0.3, 0.4) is 0 Å². The van der Waals surface area contributed by atoms with Crippen molar-refractivity contribution < 1.29 is 14.7 Å². The lowest BCUT2D eigenvalue weighted by Gasteiger charge is -2.27. The molecule has 1 aliphatic rings. The van der Waals surface area contributed by atoms with Gasteiger partial charge in [-0.25, -0.2) is 4.98 Å². The maximum atomic E-state index is 13.3. The number of rotatable bonds is 8. The lowest BCUT2D eigenvalue weighted by molar-refractivity contribution is -0.140. The number of hydrogen-bond acceptors (Lipinski definition) is 5. The van der Waals surface area contributed by atoms with Gasteiger partial charge in [-0.3, -0.25) is 14.0 Å². The van der Waals surface area contributed by atoms with E-state index in [0.29, 0.717) is 23.6 Å². The number of aliphatic hydroxyl groups excluding tert-OH is 1. The number of pyridine rings is 1. The normalized spacial score (nSPS) is 17.9. The summed E-state index contributed by atoms with van der Waals surface area (Å²) in [6, 6.07) is 12.4. The molecule has 1 aliphatic heterocycles. The van der Waals surface area contributed by atoms with Crippen molar-refractivity contribution in [3.05, 3.63) is 75.7 Å². The zero-order valence-corrected chi connectivity index (χ0v) is 21.2. The number of imidazole rings is 1. The quantitative estimate of drug-likeness (QED) is 0.265. The Labute approximate surface area is 207 Å². The van der Waals surface area contributed by atoms with E-state index in [0.717, 1.165) is 36.1 Å². The zero-order valence-electron chi connectivity index (χ0n) is 19.7. The summed E-state index contributed by atoms with van der Waals surface area (Å²) in [5, 5.41) is 11.5. The van der Waals surface area contributed by atoms with E-state index in [9.17, 15) is 14.7 Å². The Morgan fingerprint density at radius 2 is 1.91 bits per heavy atom. The first-order valence-corrected chi connectivity index (χ1v) is 12.4. The van der Waals surface area contributed by atoms with Crippen molar-refractivity contribution in [2.75, 3.05) is 26.2 Å². The Hall–Kier alpha value is -2.97. The van der Waals surface area contributed by atoms with Crippen LogP contribution in [-0.4, -0.2) is 62.2 Å². The first kappa shape index (κ1) is 24.2. The molecule has 0 aliphatic carbocycles. The van der Waals surface area contributed by atoms with Crippen molar-refractivity contribution in [3.63, 3.8) is 0 Å². The lowest BCUT2D eigenvalue weighted by Crippen LogP contribution is -2.33. The monoisotopic (exact) mass is 524 g/mol. The van der Waals surface area contributed by atoms with Gasteiger partial charge < -0.3 is 14.9 Å². The molecule has 3 aromatic rings. The molecule has 1 atom stereocenters. The van der Waals surface area contributed by atoms with Crippen molar-refractivity contribution in [1.82, 2.24) is 19.2 Å². The van der Waals surface area contributed by atoms with Crippen LogP contribution in [-0.2, 0) is 9.59 Å². The van der Waals surface area contributed by atoms with Gasteiger partial charge in [-0.05, 0) is 62.8 Å². The molecule has 0 radical (unpaired) electrons. The molecule has 1 saturated heterocycles. The first-order valence-electron chi connectivity index (χ1n) is 11.6. The molecule has 4 rings (SSSR count). The summed E-state index contributed by atoms with van der Waals surface area (Å²) in [4.78, 5) is 34.9. The third-order valence-corrected chi connectivity index (χ3v) is 6.89. The summed E-state index contributed by atoms with van der Waals surface area (Å²) < 4.78 is 2.58. The molecule has 34 heavy (non-hydrogen) atoms. The van der Waals surface area contributed by atoms with E-state index in [1.807, 2.05) is 42.5 Å². The predicted octanol–water partition coefficient (Wildman–Crippen LogP) is 4.56. The molecule has 178 valence electrons. The number of likely N-dealkylation sites (tertiary alicyclic amines) is 1. The fourth-order valence-corrected chi connectivity index (χ4v) is 5.08. The number of carbonyl (C=O) groups is 2. The number of halogens is 1. The van der Waals surface area contributed by atoms with Crippen molar-refractivity contribution in [1.29, 1.82) is 0 Å². The van der Waals surface area contributed by atoms with Crippen LogP contribution in [0.1, 0.15) is 43.3 Å². The van der Waals surface area contributed by atoms with Gasteiger partial charge in [-0.1, -0.05) is 48.0 Å². The molecule has 0 saturated carbocycles. The van der Waals surface area contributed by atoms with Crippen molar-refractivity contribution in [2.24, 2.45) is 0 Å². The predicted molar refractivity (Wildman–Crippen MR) is 135 cm³/mol. The Balaban J connectivity index is 1.82. The summed E-state index contributed by atoms with van der Waals surface area (Å²) in [5.74, 6) is -1.46. The second-order valence-corrected chi connectivity index (χ2v) is 9.32. The summed E-state index contributed by atoms with van der Waals surface area (Å²) >= 11 is 3.50. The maximum absolute atomic E-state index is 13.3. The number of aryl methyl sites for hydroxylation is 1. The van der Waals surface area contributed by atoms with E-state index in [4.69, 9.17) is 0 Å². The van der Waals surface area contributed by atoms with Crippen LogP contribution in [0, 0.1) is 6.92 Å². The van der Waals surface area contributed by atoms with Gasteiger partial charge in [0.15, 0.2) is 5.76 Å². The van der Waals surface area contributed by atoms with Gasteiger partial charge in [-0.2, -0.15) is 0 Å². The second kappa shape index (κ2) is 10.1. The molecular formula is C26H29BrN4O3. The van der Waals surface area contributed by atoms with E-state index in [2.05, 4.69) is 39.7 Å². The van der Waals surface area contributed by atoms with E-state index < -0.39 is 17.7 Å². The minimum atomic E-state index is -0.678. The average Bonchev–Trinajstić information content (AvgIpc) is 3.29. The molecule has 8 heteroatoms. The molecule has 7 nitrogen and oxygen atoms in total. The number of nitrogens with zero attached hydrogens (tertiary/aromatic N) is 4. The van der Waals surface area contributed by atoms with Crippen LogP contribution < -0.4 is 0 Å². The van der Waals surface area contributed by atoms with Gasteiger partial charge in [0.1, 0.15) is 11.3 Å². The zero-order chi connectivity index (χ0) is 24.4. The second-order valence-electron chi connectivity index (χ2n) is 8.40. The highest BCUT2D eigenvalue weighted by Crippen LogP contribution is 2.40. The largest absolute Gasteiger partial charge is 0.505 e. The van der Waals surface area contributed by atoms with Gasteiger partial charge in [0.2, 0.25) is 0 Å². The van der Waals surface area contributed by atoms with Crippen LogP contribution >= 0.6 is 15.9 Å². The molecular weight excluding hydrogens is 496 g/mol. The van der Waals surface area contributed by atoms with E-state index in [-0.39, 0.29) is 11.3 Å². The van der Waals surface area contributed by atoms with E-state index >= 15 is 0 Å². The molecule has 1 amide bonds. The molecule has 1 fully saturated rings. The molecule has 3 heterocycles. The number of ketones is 1. The summed E-state index contributed by atoms with van der Waals surface area (Å²) in [7, 11) is 0. The number of amides is 1. The number of benzene rings is 1. The van der Waals surface area contributed by atoms with Gasteiger partial charge in [0, 0.05) is 17.2 Å². The van der Waals surface area contributed by atoms with Crippen LogP contribution in [0.15, 0.2) is 58.7 Å². The fourth-order valence-electron chi connectivity index (χ4n) is 4.66. The SMILES string of the molecule is CCN(CC)CCCN1C(=O)C(=O)/C(=C(/O)c2c(C)nc3ccccn23)[C@H]1c1cccc(Br)c1. The van der Waals surface area contributed by atoms with Gasteiger partial charge in [-0.15, -0.1) is 0 Å². The number of Topliss-reactive ketones (excluding diaryl/α,β-unsaturated/α-hetero) is 1. The van der Waals surface area contributed by atoms with Crippen LogP contribution in [0.2, 0.25) is 0 Å². The van der Waals surface area contributed by atoms with Gasteiger partial charge >= 0.3 is 0 Å². The topological polar surface area (TPSA) is 78.2 Å². The van der Waals surface area contributed by atoms with Crippen molar-refractivity contribution >= 4 is 39.0 Å². The Morgan fingerprint density at radius 3 is 2.62 bits per heavy atom. The highest BCUT2D eigenvalue weighted by Gasteiger charge is 2.46. The minimum absolute atomic E-state index is 0.0969. The minimum Gasteiger partial charge on any atom is -0.505 e. The number of aromatic nitrogens is 2. The maximum Gasteiger partial charge on any atom is 0.295 e. The summed E-state index contributed by atoms with van der Waals surface area (Å²) in [6.07, 6.45) is 2.52. The van der Waals surface area contributed by atoms with Crippen molar-refractivity contribution in [2.45, 2.75) is 33.2 Å². The molecule has 2 aromatic heterocycles. The van der Waals surface area contributed by atoms with E-state index in [1.165, 1.54) is 0 Å². The number of fused-ring (bicyclic) bond motifs is 1. The Morgan fingerprint density at radius 1 is 1.15 bits per heavy atom. The molecule has 0 bridgehead atoms.